The molecule has 0 saturated heterocycles. The van der Waals surface area contributed by atoms with Crippen molar-refractivity contribution in [1.82, 2.24) is 0 Å². The molecular formula is C8H10BrFN2. The van der Waals surface area contributed by atoms with Gasteiger partial charge in [0.15, 0.2) is 0 Å². The van der Waals surface area contributed by atoms with Gasteiger partial charge in [-0.25, -0.2) is 4.39 Å². The highest BCUT2D eigenvalue weighted by atomic mass is 79.9. The van der Waals surface area contributed by atoms with Gasteiger partial charge in [0, 0.05) is 12.6 Å². The van der Waals surface area contributed by atoms with Gasteiger partial charge in [-0.3, -0.25) is 0 Å². The Balaban J connectivity index is 2.96. The van der Waals surface area contributed by atoms with Crippen molar-refractivity contribution in [1.29, 1.82) is 0 Å². The minimum Gasteiger partial charge on any atom is -0.329 e. The quantitative estimate of drug-likeness (QED) is 0.814. The number of nitrogens with two attached hydrogens (primary N) is 2. The normalized spacial score (nSPS) is 13.0. The van der Waals surface area contributed by atoms with Crippen LogP contribution in [-0.2, 0) is 0 Å². The Labute approximate surface area is 78.9 Å². The molecule has 1 rings (SSSR count). The van der Waals surface area contributed by atoms with Gasteiger partial charge in [0.1, 0.15) is 5.82 Å². The molecule has 0 fully saturated rings. The molecular weight excluding hydrogens is 223 g/mol. The first-order valence-corrected chi connectivity index (χ1v) is 4.35. The summed E-state index contributed by atoms with van der Waals surface area (Å²) in [5, 5.41) is 0. The average molecular weight is 233 g/mol. The van der Waals surface area contributed by atoms with E-state index in [1.807, 2.05) is 0 Å². The van der Waals surface area contributed by atoms with Crippen LogP contribution in [0.5, 0.6) is 0 Å². The molecule has 0 radical (unpaired) electrons. The van der Waals surface area contributed by atoms with Gasteiger partial charge in [-0.1, -0.05) is 6.07 Å². The van der Waals surface area contributed by atoms with Crippen molar-refractivity contribution in [3.05, 3.63) is 34.1 Å². The second kappa shape index (κ2) is 3.98. The molecule has 0 unspecified atom stereocenters. The molecule has 0 aliphatic carbocycles. The molecule has 12 heavy (non-hydrogen) atoms. The van der Waals surface area contributed by atoms with Crippen LogP contribution in [0, 0.1) is 5.82 Å². The van der Waals surface area contributed by atoms with E-state index in [0.29, 0.717) is 11.0 Å². The highest BCUT2D eigenvalue weighted by Gasteiger charge is 2.06. The smallest absolute Gasteiger partial charge is 0.137 e. The lowest BCUT2D eigenvalue weighted by molar-refractivity contribution is 0.613. The van der Waals surface area contributed by atoms with E-state index in [1.54, 1.807) is 12.1 Å². The van der Waals surface area contributed by atoms with Crippen molar-refractivity contribution in [2.45, 2.75) is 6.04 Å². The largest absolute Gasteiger partial charge is 0.329 e. The molecule has 66 valence electrons. The van der Waals surface area contributed by atoms with Crippen molar-refractivity contribution in [3.8, 4) is 0 Å². The summed E-state index contributed by atoms with van der Waals surface area (Å²) in [5.41, 5.74) is 11.7. The molecule has 0 heterocycles. The van der Waals surface area contributed by atoms with Crippen molar-refractivity contribution in [2.24, 2.45) is 11.5 Å². The van der Waals surface area contributed by atoms with E-state index in [9.17, 15) is 4.39 Å². The van der Waals surface area contributed by atoms with E-state index in [4.69, 9.17) is 11.5 Å². The average Bonchev–Trinajstić information content (AvgIpc) is 2.08. The number of rotatable bonds is 2. The number of hydrogen-bond donors (Lipinski definition) is 2. The van der Waals surface area contributed by atoms with Crippen LogP contribution >= 0.6 is 15.9 Å². The topological polar surface area (TPSA) is 52.0 Å². The monoisotopic (exact) mass is 232 g/mol. The molecule has 0 spiro atoms. The molecule has 0 saturated carbocycles. The van der Waals surface area contributed by atoms with Gasteiger partial charge in [0.05, 0.1) is 4.47 Å². The molecule has 2 nitrogen and oxygen atoms in total. The van der Waals surface area contributed by atoms with Crippen LogP contribution in [0.2, 0.25) is 0 Å². The molecule has 0 aromatic heterocycles. The van der Waals surface area contributed by atoms with E-state index in [2.05, 4.69) is 15.9 Å². The first-order valence-electron chi connectivity index (χ1n) is 3.55. The van der Waals surface area contributed by atoms with Crippen LogP contribution in [0.1, 0.15) is 11.6 Å². The van der Waals surface area contributed by atoms with Crippen LogP contribution in [0.15, 0.2) is 22.7 Å². The molecule has 0 aliphatic heterocycles. The number of halogens is 2. The Bertz CT molecular complexity index is 278. The lowest BCUT2D eigenvalue weighted by Crippen LogP contribution is -2.20. The molecule has 0 amide bonds. The first-order chi connectivity index (χ1) is 5.65. The van der Waals surface area contributed by atoms with E-state index in [0.717, 1.165) is 5.56 Å². The van der Waals surface area contributed by atoms with Crippen LogP contribution < -0.4 is 11.5 Å². The summed E-state index contributed by atoms with van der Waals surface area (Å²) >= 11 is 3.05. The lowest BCUT2D eigenvalue weighted by Gasteiger charge is -2.08. The lowest BCUT2D eigenvalue weighted by atomic mass is 10.1. The Morgan fingerprint density at radius 1 is 1.50 bits per heavy atom. The summed E-state index contributed by atoms with van der Waals surface area (Å²) in [6, 6.07) is 4.49. The Morgan fingerprint density at radius 2 is 2.17 bits per heavy atom. The van der Waals surface area contributed by atoms with E-state index in [1.165, 1.54) is 6.07 Å². The summed E-state index contributed by atoms with van der Waals surface area (Å²) < 4.78 is 13.4. The minimum atomic E-state index is -0.309. The van der Waals surface area contributed by atoms with Crippen molar-refractivity contribution >= 4 is 15.9 Å². The fourth-order valence-electron chi connectivity index (χ4n) is 0.879. The van der Waals surface area contributed by atoms with Gasteiger partial charge in [0.2, 0.25) is 0 Å². The maximum atomic E-state index is 12.9. The zero-order chi connectivity index (χ0) is 9.14. The van der Waals surface area contributed by atoms with E-state index < -0.39 is 0 Å². The van der Waals surface area contributed by atoms with Crippen molar-refractivity contribution in [3.63, 3.8) is 0 Å². The third-order valence-corrected chi connectivity index (χ3v) is 2.27. The van der Waals surface area contributed by atoms with Gasteiger partial charge < -0.3 is 11.5 Å². The van der Waals surface area contributed by atoms with Gasteiger partial charge in [-0.05, 0) is 33.6 Å². The highest BCUT2D eigenvalue weighted by Crippen LogP contribution is 2.18. The zero-order valence-corrected chi connectivity index (χ0v) is 8.01. The minimum absolute atomic E-state index is 0.285. The summed E-state index contributed by atoms with van der Waals surface area (Å²) in [5.74, 6) is -0.309. The van der Waals surface area contributed by atoms with E-state index in [-0.39, 0.29) is 11.9 Å². The van der Waals surface area contributed by atoms with Gasteiger partial charge in [0.25, 0.3) is 0 Å². The standard InChI is InChI=1S/C8H10BrFN2/c9-6-2-1-5(3-7(6)10)8(12)4-11/h1-3,8H,4,11-12H2/t8-/m0/s1. The molecule has 0 bridgehead atoms. The predicted molar refractivity (Wildman–Crippen MR) is 50.1 cm³/mol. The zero-order valence-electron chi connectivity index (χ0n) is 6.43. The van der Waals surface area contributed by atoms with Gasteiger partial charge in [-0.15, -0.1) is 0 Å². The van der Waals surface area contributed by atoms with Crippen LogP contribution in [0.4, 0.5) is 4.39 Å². The molecule has 1 aromatic rings. The maximum absolute atomic E-state index is 12.9. The predicted octanol–water partition coefficient (Wildman–Crippen LogP) is 1.55. The third-order valence-electron chi connectivity index (χ3n) is 1.63. The van der Waals surface area contributed by atoms with Crippen LogP contribution in [0.3, 0.4) is 0 Å². The highest BCUT2D eigenvalue weighted by molar-refractivity contribution is 9.10. The maximum Gasteiger partial charge on any atom is 0.137 e. The fraction of sp³-hybridized carbons (Fsp3) is 0.250. The number of benzene rings is 1. The third kappa shape index (κ3) is 2.03. The molecule has 1 atom stereocenters. The SMILES string of the molecule is NC[C@H](N)c1ccc(Br)c(F)c1. The summed E-state index contributed by atoms with van der Waals surface area (Å²) in [6.45, 7) is 0.321. The molecule has 1 aromatic carbocycles. The summed E-state index contributed by atoms with van der Waals surface area (Å²) in [7, 11) is 0. The van der Waals surface area contributed by atoms with Crippen molar-refractivity contribution < 1.29 is 4.39 Å². The van der Waals surface area contributed by atoms with Crippen molar-refractivity contribution in [2.75, 3.05) is 6.54 Å². The fourth-order valence-corrected chi connectivity index (χ4v) is 1.13. The molecule has 4 N–H and O–H groups in total. The van der Waals surface area contributed by atoms with Crippen LogP contribution in [-0.4, -0.2) is 6.54 Å². The first kappa shape index (κ1) is 9.64. The molecule has 0 aliphatic rings. The summed E-state index contributed by atoms with van der Waals surface area (Å²) in [4.78, 5) is 0. The molecule has 4 heteroatoms. The van der Waals surface area contributed by atoms with Gasteiger partial charge in [-0.2, -0.15) is 0 Å². The number of hydrogen-bond acceptors (Lipinski definition) is 2. The van der Waals surface area contributed by atoms with E-state index >= 15 is 0 Å². The Kier molecular flexibility index (Phi) is 3.20. The second-order valence-corrected chi connectivity index (χ2v) is 3.37. The van der Waals surface area contributed by atoms with Gasteiger partial charge >= 0.3 is 0 Å². The van der Waals surface area contributed by atoms with Crippen LogP contribution in [0.25, 0.3) is 0 Å². The second-order valence-electron chi connectivity index (χ2n) is 2.52. The summed E-state index contributed by atoms with van der Waals surface area (Å²) in [6.07, 6.45) is 0. The Morgan fingerprint density at radius 3 is 2.67 bits per heavy atom. The Hall–Kier alpha value is -0.450.